The van der Waals surface area contributed by atoms with Crippen molar-refractivity contribution in [2.45, 2.75) is 37.5 Å². The molecule has 192 valence electrons. The van der Waals surface area contributed by atoms with E-state index >= 15 is 0 Å². The van der Waals surface area contributed by atoms with Crippen molar-refractivity contribution in [3.8, 4) is 6.07 Å². The molecule has 0 aromatic heterocycles. The van der Waals surface area contributed by atoms with Crippen LogP contribution in [0.4, 0.5) is 23.2 Å². The van der Waals surface area contributed by atoms with Gasteiger partial charge in [-0.3, -0.25) is 19.3 Å². The van der Waals surface area contributed by atoms with Gasteiger partial charge in [0.2, 0.25) is 11.8 Å². The van der Waals surface area contributed by atoms with E-state index in [1.54, 1.807) is 4.90 Å². The molecule has 3 fully saturated rings. The Morgan fingerprint density at radius 3 is 2.30 bits per heavy atom. The lowest BCUT2D eigenvalue weighted by Crippen LogP contribution is -2.74. The van der Waals surface area contributed by atoms with E-state index in [1.807, 2.05) is 6.07 Å². The van der Waals surface area contributed by atoms with Crippen LogP contribution in [0.1, 0.15) is 36.0 Å². The summed E-state index contributed by atoms with van der Waals surface area (Å²) >= 11 is 0. The molecule has 0 bridgehead atoms. The Hall–Kier alpha value is -3.94. The SMILES string of the molecule is N#Cc1ccc(N2CC(=O)N(Cc3ccc(C(F)(F)F)cc3)[C@]3(C[C@@H](C(=O)N4CCC4)C3)C2=O)c(F)c1. The van der Waals surface area contributed by atoms with Gasteiger partial charge in [0, 0.05) is 25.6 Å². The zero-order valence-corrected chi connectivity index (χ0v) is 19.6. The Bertz CT molecular complexity index is 1310. The molecular weight excluding hydrogens is 492 g/mol. The second-order valence-electron chi connectivity index (χ2n) is 9.66. The number of anilines is 1. The molecule has 0 atom stereocenters. The minimum Gasteiger partial charge on any atom is -0.342 e. The van der Waals surface area contributed by atoms with Gasteiger partial charge in [0.15, 0.2) is 0 Å². The van der Waals surface area contributed by atoms with Gasteiger partial charge in [0.1, 0.15) is 17.9 Å². The Balaban J connectivity index is 1.46. The first-order valence-corrected chi connectivity index (χ1v) is 11.8. The van der Waals surface area contributed by atoms with Crippen molar-refractivity contribution >= 4 is 23.4 Å². The van der Waals surface area contributed by atoms with E-state index < -0.39 is 47.4 Å². The highest BCUT2D eigenvalue weighted by Crippen LogP contribution is 2.48. The summed E-state index contributed by atoms with van der Waals surface area (Å²) in [6.07, 6.45) is -3.53. The van der Waals surface area contributed by atoms with Gasteiger partial charge in [-0.05, 0) is 55.2 Å². The Kier molecular flexibility index (Phi) is 5.93. The van der Waals surface area contributed by atoms with Gasteiger partial charge >= 0.3 is 6.18 Å². The molecule has 0 N–H and O–H groups in total. The quantitative estimate of drug-likeness (QED) is 0.585. The van der Waals surface area contributed by atoms with Crippen LogP contribution in [-0.2, 0) is 27.1 Å². The zero-order valence-electron chi connectivity index (χ0n) is 19.6. The van der Waals surface area contributed by atoms with E-state index in [2.05, 4.69) is 0 Å². The second-order valence-corrected chi connectivity index (χ2v) is 9.66. The third-order valence-corrected chi connectivity index (χ3v) is 7.43. The summed E-state index contributed by atoms with van der Waals surface area (Å²) in [5.74, 6) is -2.50. The average molecular weight is 514 g/mol. The van der Waals surface area contributed by atoms with Crippen molar-refractivity contribution in [3.05, 3.63) is 65.0 Å². The summed E-state index contributed by atoms with van der Waals surface area (Å²) < 4.78 is 53.8. The monoisotopic (exact) mass is 514 g/mol. The topological polar surface area (TPSA) is 84.7 Å². The highest BCUT2D eigenvalue weighted by atomic mass is 19.4. The molecule has 37 heavy (non-hydrogen) atoms. The minimum atomic E-state index is -4.51. The summed E-state index contributed by atoms with van der Waals surface area (Å²) in [6, 6.07) is 9.72. The Labute approximate surface area is 209 Å². The molecule has 5 rings (SSSR count). The Morgan fingerprint density at radius 2 is 1.76 bits per heavy atom. The minimum absolute atomic E-state index is 0.0436. The number of likely N-dealkylation sites (tertiary alicyclic amines) is 1. The van der Waals surface area contributed by atoms with E-state index in [1.165, 1.54) is 29.2 Å². The van der Waals surface area contributed by atoms with Crippen LogP contribution in [0.3, 0.4) is 0 Å². The molecule has 0 unspecified atom stereocenters. The number of rotatable bonds is 4. The lowest BCUT2D eigenvalue weighted by Gasteiger charge is -2.57. The number of carbonyl (C=O) groups is 3. The van der Waals surface area contributed by atoms with Gasteiger partial charge < -0.3 is 9.80 Å². The van der Waals surface area contributed by atoms with Crippen molar-refractivity contribution in [3.63, 3.8) is 0 Å². The fourth-order valence-electron chi connectivity index (χ4n) is 5.23. The zero-order chi connectivity index (χ0) is 26.5. The fraction of sp³-hybridized carbons (Fsp3) is 0.385. The molecule has 3 aliphatic rings. The number of halogens is 4. The normalized spacial score (nSPS) is 23.5. The molecule has 2 saturated heterocycles. The predicted octanol–water partition coefficient (Wildman–Crippen LogP) is 3.47. The first-order chi connectivity index (χ1) is 17.5. The first kappa shape index (κ1) is 24.7. The number of hydrogen-bond donors (Lipinski definition) is 0. The molecule has 2 aromatic rings. The van der Waals surface area contributed by atoms with Gasteiger partial charge in [-0.1, -0.05) is 12.1 Å². The van der Waals surface area contributed by atoms with E-state index in [0.717, 1.165) is 29.5 Å². The van der Waals surface area contributed by atoms with Crippen LogP contribution < -0.4 is 4.90 Å². The van der Waals surface area contributed by atoms with Crippen LogP contribution in [0.25, 0.3) is 0 Å². The van der Waals surface area contributed by atoms with Crippen molar-refractivity contribution < 1.29 is 31.9 Å². The van der Waals surface area contributed by atoms with Crippen LogP contribution in [-0.4, -0.2) is 52.7 Å². The maximum Gasteiger partial charge on any atom is 0.416 e. The van der Waals surface area contributed by atoms with Crippen LogP contribution >= 0.6 is 0 Å². The molecule has 7 nitrogen and oxygen atoms in total. The van der Waals surface area contributed by atoms with Crippen molar-refractivity contribution in [2.24, 2.45) is 5.92 Å². The predicted molar refractivity (Wildman–Crippen MR) is 122 cm³/mol. The van der Waals surface area contributed by atoms with E-state index in [9.17, 15) is 31.9 Å². The third kappa shape index (κ3) is 4.20. The molecule has 2 aliphatic heterocycles. The van der Waals surface area contributed by atoms with Crippen molar-refractivity contribution in [2.75, 3.05) is 24.5 Å². The molecule has 3 amide bonds. The highest BCUT2D eigenvalue weighted by molar-refractivity contribution is 6.10. The summed E-state index contributed by atoms with van der Waals surface area (Å²) in [6.45, 7) is 0.659. The molecule has 1 saturated carbocycles. The van der Waals surface area contributed by atoms with Crippen LogP contribution in [0.2, 0.25) is 0 Å². The maximum atomic E-state index is 14.8. The number of alkyl halides is 3. The van der Waals surface area contributed by atoms with Gasteiger partial charge in [0.05, 0.1) is 22.9 Å². The number of carbonyl (C=O) groups excluding carboxylic acids is 3. The van der Waals surface area contributed by atoms with E-state index in [-0.39, 0.29) is 36.5 Å². The summed E-state index contributed by atoms with van der Waals surface area (Å²) in [7, 11) is 0. The van der Waals surface area contributed by atoms with Crippen LogP contribution in [0.15, 0.2) is 42.5 Å². The van der Waals surface area contributed by atoms with Gasteiger partial charge in [-0.15, -0.1) is 0 Å². The second kappa shape index (κ2) is 8.87. The summed E-state index contributed by atoms with van der Waals surface area (Å²) in [5, 5.41) is 9.02. The standard InChI is InChI=1S/C26H22F4N4O3/c27-20-10-17(13-31)4-7-21(20)33-15-22(35)34(14-16-2-5-19(6-3-16)26(28,29)30)25(24(33)37)11-18(12-25)23(36)32-8-1-9-32/h2-7,10,18H,1,8-9,11-12,14-15H2/t18-,25+. The number of nitriles is 1. The maximum absolute atomic E-state index is 14.8. The number of benzene rings is 2. The highest BCUT2D eigenvalue weighted by Gasteiger charge is 2.62. The number of piperazine rings is 1. The third-order valence-electron chi connectivity index (χ3n) is 7.43. The largest absolute Gasteiger partial charge is 0.416 e. The summed E-state index contributed by atoms with van der Waals surface area (Å²) in [4.78, 5) is 44.0. The smallest absolute Gasteiger partial charge is 0.342 e. The number of nitrogens with zero attached hydrogens (tertiary/aromatic N) is 4. The average Bonchev–Trinajstić information content (AvgIpc) is 2.79. The Morgan fingerprint density at radius 1 is 1.08 bits per heavy atom. The van der Waals surface area contributed by atoms with Crippen LogP contribution in [0, 0.1) is 23.1 Å². The van der Waals surface area contributed by atoms with Gasteiger partial charge in [-0.2, -0.15) is 18.4 Å². The number of amides is 3. The first-order valence-electron chi connectivity index (χ1n) is 11.8. The van der Waals surface area contributed by atoms with Crippen LogP contribution in [0.5, 0.6) is 0 Å². The molecule has 2 heterocycles. The number of hydrogen-bond acceptors (Lipinski definition) is 4. The summed E-state index contributed by atoms with van der Waals surface area (Å²) in [5.41, 5.74) is -1.96. The lowest BCUT2D eigenvalue weighted by atomic mass is 9.64. The van der Waals surface area contributed by atoms with Gasteiger partial charge in [0.25, 0.3) is 5.91 Å². The van der Waals surface area contributed by atoms with Gasteiger partial charge in [-0.25, -0.2) is 4.39 Å². The van der Waals surface area contributed by atoms with Crippen molar-refractivity contribution in [1.82, 2.24) is 9.80 Å². The molecule has 11 heteroatoms. The molecule has 0 radical (unpaired) electrons. The molecule has 2 aromatic carbocycles. The van der Waals surface area contributed by atoms with Crippen molar-refractivity contribution in [1.29, 1.82) is 5.26 Å². The molecule has 1 spiro atoms. The van der Waals surface area contributed by atoms with E-state index in [4.69, 9.17) is 5.26 Å². The molecule has 1 aliphatic carbocycles. The van der Waals surface area contributed by atoms with E-state index in [0.29, 0.717) is 18.7 Å². The molecular formula is C26H22F4N4O3. The lowest BCUT2D eigenvalue weighted by molar-refractivity contribution is -0.168. The fourth-order valence-corrected chi connectivity index (χ4v) is 5.23.